The third-order valence-corrected chi connectivity index (χ3v) is 25.5. The van der Waals surface area contributed by atoms with Crippen LogP contribution in [0, 0.1) is 41.4 Å². The van der Waals surface area contributed by atoms with Gasteiger partial charge < -0.3 is 64.8 Å². The molecule has 33 heteroatoms. The van der Waals surface area contributed by atoms with E-state index in [-0.39, 0.29) is 135 Å². The SMILES string of the molecule is CC[C@H](C)[C@@H]1NC(=O)[C@H](CC(C)C)N(C)C(=O)C[C@@H](C(=O)N2CCOCC2)N(C)C(=O)[C@H](C2CCCC2)N(C)C(=O)C2(CCCC2)NC(=O)[C@@H]2CCCN2C(=O)[C@H](CCC2CC(F)C(C(F)(F)F)C(F)C2)NC(=O)CN(C)C(=O)[C@H](CC2CCC(C(F)(F)F)CC2)N2CCCC[C@@H](C2=O)N(C)C(=O)[C@@H]2CCN2C1=O. The molecule has 9 aliphatic rings. The summed E-state index contributed by atoms with van der Waals surface area (Å²) >= 11 is 0. The third-order valence-electron chi connectivity index (χ3n) is 25.5. The fourth-order valence-corrected chi connectivity index (χ4v) is 18.6. The number of ether oxygens (including phenoxy) is 1. The lowest BCUT2D eigenvalue weighted by atomic mass is 9.76. The van der Waals surface area contributed by atoms with Crippen LogP contribution in [0.2, 0.25) is 0 Å². The van der Waals surface area contributed by atoms with Crippen molar-refractivity contribution in [2.75, 3.05) is 87.7 Å². The largest absolute Gasteiger partial charge is 0.397 e. The van der Waals surface area contributed by atoms with Crippen molar-refractivity contribution < 1.29 is 97.4 Å². The molecule has 2 bridgehead atoms. The second kappa shape index (κ2) is 36.7. The molecule has 614 valence electrons. The summed E-state index contributed by atoms with van der Waals surface area (Å²) in [6, 6.07) is -12.0. The van der Waals surface area contributed by atoms with Crippen LogP contribution in [-0.2, 0) is 62.3 Å². The summed E-state index contributed by atoms with van der Waals surface area (Å²) in [7, 11) is 6.88. The molecule has 0 aromatic carbocycles. The number of alkyl halides is 8. The van der Waals surface area contributed by atoms with Gasteiger partial charge in [-0.25, -0.2) is 8.78 Å². The van der Waals surface area contributed by atoms with E-state index in [0.29, 0.717) is 57.8 Å². The fraction of sp³-hybridized carbons (Fsp3) is 0.842. The van der Waals surface area contributed by atoms with Crippen molar-refractivity contribution in [1.29, 1.82) is 0 Å². The van der Waals surface area contributed by atoms with Crippen molar-refractivity contribution >= 4 is 70.9 Å². The number of morpholine rings is 1. The molecule has 0 aromatic heterocycles. The standard InChI is InChI=1S/C76H116F8N12O13/c1-10-45(4)62-71(106)96-33-28-55(96)68(103)90(7)54-20-13-16-31-95(70(54)105)58(41-46-22-25-49(26-23-46)75(79,80)81)67(102)88(5)43-59(97)85-52(27-24-47-39-50(77)61(51(78)40-47)76(82,83)84)66(101)94-32-17-21-53(94)65(100)87-74(29-14-15-30-74)73(108)92(9)63(48-18-11-12-19-48)72(107)91(8)57(69(104)93-34-36-109-37-35-93)42-60(98)89(6)56(38-44(2)3)64(99)86-62/h44-58,61-63H,10-43H2,1-9H3,(H,85,97)(H,86,99)(H,87,100)/t45-,46?,47?,49?,50?,51?,52-,53-,54-,55-,56-,57-,58-,61?,62-,63-/m0/s1. The van der Waals surface area contributed by atoms with Gasteiger partial charge in [0.25, 0.3) is 0 Å². The molecule has 1 spiro atoms. The van der Waals surface area contributed by atoms with E-state index in [4.69, 9.17) is 4.74 Å². The van der Waals surface area contributed by atoms with Gasteiger partial charge in [0.2, 0.25) is 70.9 Å². The number of halogens is 8. The molecule has 2 unspecified atom stereocenters. The minimum absolute atomic E-state index is 0.0225. The summed E-state index contributed by atoms with van der Waals surface area (Å²) in [5.41, 5.74) is -1.67. The summed E-state index contributed by atoms with van der Waals surface area (Å²) in [6.07, 6.45) is -13.5. The van der Waals surface area contributed by atoms with Gasteiger partial charge in [-0.1, -0.05) is 59.8 Å². The van der Waals surface area contributed by atoms with Crippen molar-refractivity contribution in [3.05, 3.63) is 0 Å². The maximum absolute atomic E-state index is 15.8. The van der Waals surface area contributed by atoms with E-state index in [0.717, 1.165) is 4.90 Å². The Labute approximate surface area is 634 Å². The second-order valence-electron chi connectivity index (χ2n) is 33.2. The number of carbonyl (C=O) groups is 12. The van der Waals surface area contributed by atoms with E-state index in [9.17, 15) is 31.1 Å². The van der Waals surface area contributed by atoms with Crippen LogP contribution < -0.4 is 16.0 Å². The van der Waals surface area contributed by atoms with Gasteiger partial charge >= 0.3 is 12.4 Å². The molecule has 5 saturated heterocycles. The van der Waals surface area contributed by atoms with Gasteiger partial charge in [0, 0.05) is 68.0 Å². The summed E-state index contributed by atoms with van der Waals surface area (Å²) in [4.78, 5) is 194. The van der Waals surface area contributed by atoms with E-state index in [2.05, 4.69) is 16.0 Å². The van der Waals surface area contributed by atoms with Crippen LogP contribution in [0.15, 0.2) is 0 Å². The molecule has 5 heterocycles. The molecule has 9 rings (SSSR count). The molecule has 4 aliphatic carbocycles. The van der Waals surface area contributed by atoms with Crippen LogP contribution in [0.3, 0.4) is 0 Å². The minimum Gasteiger partial charge on any atom is -0.378 e. The average molecular weight is 1560 g/mol. The molecule has 3 N–H and O–H groups in total. The number of amides is 12. The van der Waals surface area contributed by atoms with Gasteiger partial charge in [-0.3, -0.25) is 57.5 Å². The minimum atomic E-state index is -5.20. The summed E-state index contributed by atoms with van der Waals surface area (Å²) < 4.78 is 121. The normalized spacial score (nSPS) is 32.9. The molecule has 0 aromatic rings. The van der Waals surface area contributed by atoms with Gasteiger partial charge in [-0.05, 0) is 158 Å². The Morgan fingerprint density at radius 1 is 0.560 bits per heavy atom. The van der Waals surface area contributed by atoms with Crippen molar-refractivity contribution in [3.8, 4) is 0 Å². The van der Waals surface area contributed by atoms with Gasteiger partial charge in [-0.15, -0.1) is 0 Å². The first kappa shape index (κ1) is 86.0. The maximum atomic E-state index is 15.8. The molecule has 12 amide bonds. The van der Waals surface area contributed by atoms with Gasteiger partial charge in [0.15, 0.2) is 0 Å². The van der Waals surface area contributed by atoms with E-state index in [1.165, 1.54) is 74.4 Å². The number of hydrogen-bond acceptors (Lipinski definition) is 13. The van der Waals surface area contributed by atoms with Gasteiger partial charge in [-0.2, -0.15) is 26.3 Å². The number of hydrogen-bond donors (Lipinski definition) is 3. The summed E-state index contributed by atoms with van der Waals surface area (Å²) in [5.74, 6) is -16.1. The molecule has 0 radical (unpaired) electrons. The molecule has 5 aliphatic heterocycles. The predicted octanol–water partition coefficient (Wildman–Crippen LogP) is 6.47. The number of rotatable bonds is 11. The Bertz CT molecular complexity index is 3260. The quantitative estimate of drug-likeness (QED) is 0.187. The summed E-state index contributed by atoms with van der Waals surface area (Å²) in [5, 5.41) is 8.58. The molecule has 25 nitrogen and oxygen atoms in total. The number of nitrogens with one attached hydrogen (secondary N) is 3. The second-order valence-corrected chi connectivity index (χ2v) is 33.2. The molecule has 109 heavy (non-hydrogen) atoms. The van der Waals surface area contributed by atoms with Crippen molar-refractivity contribution in [3.63, 3.8) is 0 Å². The van der Waals surface area contributed by atoms with E-state index < -0.39 is 223 Å². The average Bonchev–Trinajstić information content (AvgIpc) is 1.76. The predicted molar refractivity (Wildman–Crippen MR) is 382 cm³/mol. The lowest BCUT2D eigenvalue weighted by Crippen LogP contribution is -2.66. The Morgan fingerprint density at radius 3 is 1.75 bits per heavy atom. The zero-order chi connectivity index (χ0) is 79.9. The zero-order valence-corrected chi connectivity index (χ0v) is 64.8. The lowest BCUT2D eigenvalue weighted by molar-refractivity contribution is -0.219. The van der Waals surface area contributed by atoms with Crippen molar-refractivity contribution in [2.45, 2.75) is 279 Å². The van der Waals surface area contributed by atoms with Crippen molar-refractivity contribution in [2.24, 2.45) is 41.4 Å². The van der Waals surface area contributed by atoms with Crippen LogP contribution in [0.1, 0.15) is 195 Å². The van der Waals surface area contributed by atoms with E-state index >= 15 is 61.5 Å². The molecule has 12 atom stereocenters. The first-order valence-corrected chi connectivity index (χ1v) is 39.8. The third kappa shape index (κ3) is 19.9. The highest BCUT2D eigenvalue weighted by Crippen LogP contribution is 2.46. The van der Waals surface area contributed by atoms with Crippen LogP contribution in [-0.4, -0.2) is 287 Å². The molecule has 4 saturated carbocycles. The van der Waals surface area contributed by atoms with E-state index in [1.807, 2.05) is 20.8 Å². The number of carbonyl (C=O) groups excluding carboxylic acids is 12. The smallest absolute Gasteiger partial charge is 0.378 e. The lowest BCUT2D eigenvalue weighted by Gasteiger charge is -2.45. The zero-order valence-electron chi connectivity index (χ0n) is 64.8. The Kier molecular flexibility index (Phi) is 28.9. The Morgan fingerprint density at radius 2 is 1.17 bits per heavy atom. The van der Waals surface area contributed by atoms with Crippen LogP contribution in [0.4, 0.5) is 35.1 Å². The highest BCUT2D eigenvalue weighted by atomic mass is 19.4. The Hall–Kier alpha value is -6.96. The topological polar surface area (TPSA) is 279 Å². The number of likely N-dealkylation sites (N-methyl/N-ethyl adjacent to an activating group) is 5. The molecular formula is C76H116F8N12O13. The highest BCUT2D eigenvalue weighted by molar-refractivity contribution is 6.01. The van der Waals surface area contributed by atoms with Gasteiger partial charge in [0.05, 0.1) is 32.1 Å². The fourth-order valence-electron chi connectivity index (χ4n) is 18.6. The monoisotopic (exact) mass is 1560 g/mol. The highest BCUT2D eigenvalue weighted by Gasteiger charge is 2.56. The summed E-state index contributed by atoms with van der Waals surface area (Å²) in [6.45, 7) is 6.88. The van der Waals surface area contributed by atoms with Crippen LogP contribution in [0.5, 0.6) is 0 Å². The first-order valence-electron chi connectivity index (χ1n) is 39.8. The molecule has 9 fully saturated rings. The van der Waals surface area contributed by atoms with Crippen molar-refractivity contribution in [1.82, 2.24) is 60.0 Å². The van der Waals surface area contributed by atoms with Gasteiger partial charge in [0.1, 0.15) is 78.2 Å². The first-order chi connectivity index (χ1) is 51.4. The van der Waals surface area contributed by atoms with Crippen LogP contribution in [0.25, 0.3) is 0 Å². The van der Waals surface area contributed by atoms with E-state index in [1.54, 1.807) is 6.92 Å². The molecular weight excluding hydrogens is 1440 g/mol. The maximum Gasteiger partial charge on any atom is 0.397 e. The van der Waals surface area contributed by atoms with Crippen LogP contribution >= 0.6 is 0 Å². The number of fused-ring (bicyclic) bond motifs is 4. The number of nitrogens with zero attached hydrogens (tertiary/aromatic N) is 9. The Balaban J connectivity index is 1.10.